The number of hydrogen-bond acceptors (Lipinski definition) is 11. The Balaban J connectivity index is 0.000000224. The molecule has 0 fully saturated rings. The summed E-state index contributed by atoms with van der Waals surface area (Å²) in [6.45, 7) is 7.49. The van der Waals surface area contributed by atoms with Gasteiger partial charge in [0, 0.05) is 34.9 Å². The van der Waals surface area contributed by atoms with Crippen molar-refractivity contribution in [2.45, 2.75) is 51.9 Å². The molecule has 7 rings (SSSR count). The van der Waals surface area contributed by atoms with Gasteiger partial charge in [-0.2, -0.15) is 0 Å². The number of halogens is 1. The molecule has 0 saturated carbocycles. The van der Waals surface area contributed by atoms with Crippen LogP contribution in [-0.4, -0.2) is 57.9 Å². The molecule has 1 aromatic heterocycles. The van der Waals surface area contributed by atoms with E-state index in [-0.39, 0.29) is 80.9 Å². The van der Waals surface area contributed by atoms with Crippen molar-refractivity contribution in [3.05, 3.63) is 136 Å². The summed E-state index contributed by atoms with van der Waals surface area (Å²) < 4.78 is 16.6. The zero-order chi connectivity index (χ0) is 36.1. The average Bonchev–Trinajstić information content (AvgIpc) is 3.69. The van der Waals surface area contributed by atoms with Gasteiger partial charge >= 0.3 is 5.97 Å². The number of carbonyl (C=O) groups excluding carboxylic acids is 7. The Labute approximate surface area is 309 Å². The van der Waals surface area contributed by atoms with Crippen molar-refractivity contribution in [2.24, 2.45) is 0 Å². The Morgan fingerprint density at radius 2 is 1.22 bits per heavy atom. The number of para-hydroxylation sites is 1. The van der Waals surface area contributed by atoms with Gasteiger partial charge < -0.3 is 19.2 Å². The predicted molar refractivity (Wildman–Crippen MR) is 194 cm³/mol. The third kappa shape index (κ3) is 6.35. The summed E-state index contributed by atoms with van der Waals surface area (Å²) >= 11 is 0. The van der Waals surface area contributed by atoms with Crippen molar-refractivity contribution >= 4 is 70.3 Å². The number of furan rings is 1. The molecular formula is C39H32INO10. The molecule has 260 valence electrons. The van der Waals surface area contributed by atoms with Crippen molar-refractivity contribution in [1.82, 2.24) is 0 Å². The number of fused-ring (bicyclic) bond motifs is 3. The van der Waals surface area contributed by atoms with Crippen molar-refractivity contribution in [3.63, 3.8) is 0 Å². The summed E-state index contributed by atoms with van der Waals surface area (Å²) in [5.74, 6) is -3.93. The third-order valence-corrected chi connectivity index (χ3v) is 8.33. The van der Waals surface area contributed by atoms with E-state index in [9.17, 15) is 33.6 Å². The number of allylic oxidation sites excluding steroid dienone is 1. The number of esters is 1. The van der Waals surface area contributed by atoms with E-state index >= 15 is 0 Å². The normalized spacial score (nSPS) is 18.5. The lowest BCUT2D eigenvalue weighted by atomic mass is 9.80. The molecule has 1 aliphatic heterocycles. The number of Topliss-reactive ketones (excluding diaryl/α,β-unsaturated/α-hetero) is 4. The quantitative estimate of drug-likeness (QED) is 0.0909. The fourth-order valence-electron chi connectivity index (χ4n) is 6.01. The number of carbonyl (C=O) groups is 7. The van der Waals surface area contributed by atoms with Gasteiger partial charge in [0.15, 0.2) is 40.4 Å². The number of ketones is 6. The summed E-state index contributed by atoms with van der Waals surface area (Å²) in [6, 6.07) is 21.8. The lowest BCUT2D eigenvalue weighted by Crippen LogP contribution is -2.59. The molecule has 2 aliphatic carbocycles. The predicted octanol–water partition coefficient (Wildman–Crippen LogP) is 6.38. The van der Waals surface area contributed by atoms with Gasteiger partial charge in [0.25, 0.3) is 5.60 Å². The first-order chi connectivity index (χ1) is 23.7. The summed E-state index contributed by atoms with van der Waals surface area (Å²) in [4.78, 5) is 88.6. The van der Waals surface area contributed by atoms with Crippen LogP contribution in [0.3, 0.4) is 0 Å². The Bertz CT molecular complexity index is 2140. The second-order valence-electron chi connectivity index (χ2n) is 12.9. The molecule has 12 heteroatoms. The number of hydrogen-bond donors (Lipinski definition) is 1. The van der Waals surface area contributed by atoms with Crippen molar-refractivity contribution in [1.29, 1.82) is 0 Å². The maximum absolute atomic E-state index is 13.5. The fourth-order valence-corrected chi connectivity index (χ4v) is 6.01. The summed E-state index contributed by atoms with van der Waals surface area (Å²) in [7, 11) is 0. The van der Waals surface area contributed by atoms with E-state index in [1.54, 1.807) is 93.6 Å². The van der Waals surface area contributed by atoms with Crippen LogP contribution < -0.4 is 5.32 Å². The molecule has 0 amide bonds. The molecule has 51 heavy (non-hydrogen) atoms. The van der Waals surface area contributed by atoms with Crippen LogP contribution in [-0.2, 0) is 19.1 Å². The monoisotopic (exact) mass is 801 g/mol. The molecule has 2 atom stereocenters. The maximum Gasteiger partial charge on any atom is 0.361 e. The first-order valence-corrected chi connectivity index (χ1v) is 15.7. The van der Waals surface area contributed by atoms with Gasteiger partial charge in [0.2, 0.25) is 11.6 Å². The standard InChI is InChI=1S/C25H23NO6.C14H8O4.HI/c1-14(27)25(23(30)32-24(2,3)4)22(26-15-10-6-5-7-11-15)18-19(28)16-12-8-9-13-17(16)20(29)21(18)31-25;1-7(15)11-6-10-12(16)8-4-2-3-5-9(8)13(17)14(10)18-11;/h5-13,22,26H,1-4H3;2-6H,1H3;1H. The highest BCUT2D eigenvalue weighted by molar-refractivity contribution is 14.0. The topological polar surface area (TPSA) is 163 Å². The van der Waals surface area contributed by atoms with Crippen LogP contribution in [0.1, 0.15) is 97.9 Å². The molecule has 3 aliphatic rings. The molecule has 3 aromatic carbocycles. The second-order valence-corrected chi connectivity index (χ2v) is 12.9. The van der Waals surface area contributed by atoms with E-state index in [1.165, 1.54) is 26.0 Å². The van der Waals surface area contributed by atoms with Crippen LogP contribution >= 0.6 is 24.0 Å². The second kappa shape index (κ2) is 13.7. The molecular weight excluding hydrogens is 769 g/mol. The highest BCUT2D eigenvalue weighted by Crippen LogP contribution is 2.44. The Kier molecular flexibility index (Phi) is 9.85. The van der Waals surface area contributed by atoms with E-state index < -0.39 is 40.6 Å². The molecule has 0 radical (unpaired) electrons. The minimum Gasteiger partial charge on any atom is -0.460 e. The Morgan fingerprint density at radius 1 is 0.706 bits per heavy atom. The molecule has 2 unspecified atom stereocenters. The van der Waals surface area contributed by atoms with Crippen molar-refractivity contribution in [3.8, 4) is 0 Å². The molecule has 0 spiro atoms. The maximum atomic E-state index is 13.5. The number of benzene rings is 3. The van der Waals surface area contributed by atoms with E-state index in [2.05, 4.69) is 5.32 Å². The SMILES string of the molecule is CC(=O)C1(C(=O)OC(C)(C)C)OC2=C(C(=O)c3ccccc3C2=O)C1Nc1ccccc1.CC(=O)c1cc2c(o1)C(=O)c1ccccc1C2=O.I. The summed E-state index contributed by atoms with van der Waals surface area (Å²) in [6.07, 6.45) is 0. The molecule has 11 nitrogen and oxygen atoms in total. The zero-order valence-corrected chi connectivity index (χ0v) is 30.5. The minimum absolute atomic E-state index is 0. The lowest BCUT2D eigenvalue weighted by Gasteiger charge is -2.34. The van der Waals surface area contributed by atoms with E-state index in [4.69, 9.17) is 13.9 Å². The van der Waals surface area contributed by atoms with Crippen molar-refractivity contribution < 1.29 is 47.5 Å². The number of rotatable bonds is 5. The van der Waals surface area contributed by atoms with E-state index in [1.807, 2.05) is 0 Å². The number of anilines is 1. The first kappa shape index (κ1) is 36.8. The Morgan fingerprint density at radius 3 is 1.75 bits per heavy atom. The number of ether oxygens (including phenoxy) is 2. The molecule has 2 heterocycles. The molecule has 4 aromatic rings. The van der Waals surface area contributed by atoms with Crippen LogP contribution in [0, 0.1) is 0 Å². The molecule has 0 saturated heterocycles. The Hall–Kier alpha value is -5.50. The lowest BCUT2D eigenvalue weighted by molar-refractivity contribution is -0.179. The van der Waals surface area contributed by atoms with Gasteiger partial charge in [-0.3, -0.25) is 28.8 Å². The van der Waals surface area contributed by atoms with Crippen LogP contribution in [0.25, 0.3) is 0 Å². The highest BCUT2D eigenvalue weighted by Gasteiger charge is 2.64. The van der Waals surface area contributed by atoms with Crippen LogP contribution in [0.4, 0.5) is 5.69 Å². The largest absolute Gasteiger partial charge is 0.460 e. The van der Waals surface area contributed by atoms with Gasteiger partial charge in [0.1, 0.15) is 11.6 Å². The van der Waals surface area contributed by atoms with Crippen LogP contribution in [0.2, 0.25) is 0 Å². The van der Waals surface area contributed by atoms with Gasteiger partial charge in [-0.25, -0.2) is 4.79 Å². The third-order valence-electron chi connectivity index (χ3n) is 8.33. The van der Waals surface area contributed by atoms with Gasteiger partial charge in [-0.05, 0) is 45.9 Å². The van der Waals surface area contributed by atoms with Crippen LogP contribution in [0.15, 0.2) is 101 Å². The zero-order valence-electron chi connectivity index (χ0n) is 28.2. The molecule has 0 bridgehead atoms. The smallest absolute Gasteiger partial charge is 0.361 e. The average molecular weight is 802 g/mol. The summed E-state index contributed by atoms with van der Waals surface area (Å²) in [5.41, 5.74) is -1.47. The fraction of sp³-hybridized carbons (Fsp3) is 0.205. The van der Waals surface area contributed by atoms with E-state index in [0.717, 1.165) is 0 Å². The van der Waals surface area contributed by atoms with Crippen LogP contribution in [0.5, 0.6) is 0 Å². The first-order valence-electron chi connectivity index (χ1n) is 15.7. The van der Waals surface area contributed by atoms with E-state index in [0.29, 0.717) is 16.8 Å². The van der Waals surface area contributed by atoms with Gasteiger partial charge in [0.05, 0.1) is 11.1 Å². The molecule has 1 N–H and O–H groups in total. The van der Waals surface area contributed by atoms with Gasteiger partial charge in [-0.1, -0.05) is 66.7 Å². The van der Waals surface area contributed by atoms with Crippen molar-refractivity contribution in [2.75, 3.05) is 5.32 Å². The summed E-state index contributed by atoms with van der Waals surface area (Å²) in [5, 5.41) is 3.08. The van der Waals surface area contributed by atoms with Gasteiger partial charge in [-0.15, -0.1) is 24.0 Å². The highest BCUT2D eigenvalue weighted by atomic mass is 127. The minimum atomic E-state index is -2.23. The number of nitrogens with one attached hydrogen (secondary N) is 1.